The highest BCUT2D eigenvalue weighted by atomic mass is 79.9. The standard InChI is InChI=1S/C20H21BrN2O2/c1-12(2)15-10-16(19-18(21)20(22)25-23-19)13(3)9-17(15)24-11-14-7-5-4-6-8-14/h4-10,12H,11,22H2,1-3H3. The Hall–Kier alpha value is -2.27. The summed E-state index contributed by atoms with van der Waals surface area (Å²) in [5.41, 5.74) is 10.8. The Morgan fingerprint density at radius 3 is 2.52 bits per heavy atom. The van der Waals surface area contributed by atoms with Gasteiger partial charge in [0.25, 0.3) is 0 Å². The van der Waals surface area contributed by atoms with E-state index >= 15 is 0 Å². The summed E-state index contributed by atoms with van der Waals surface area (Å²) in [4.78, 5) is 0. The second-order valence-corrected chi connectivity index (χ2v) is 7.14. The summed E-state index contributed by atoms with van der Waals surface area (Å²) >= 11 is 3.45. The number of aryl methyl sites for hydroxylation is 1. The fourth-order valence-electron chi connectivity index (χ4n) is 2.72. The maximum absolute atomic E-state index is 6.11. The summed E-state index contributed by atoms with van der Waals surface area (Å²) < 4.78 is 11.9. The Balaban J connectivity index is 1.97. The zero-order valence-corrected chi connectivity index (χ0v) is 16.1. The van der Waals surface area contributed by atoms with Gasteiger partial charge < -0.3 is 15.0 Å². The summed E-state index contributed by atoms with van der Waals surface area (Å²) in [6, 6.07) is 14.3. The zero-order valence-electron chi connectivity index (χ0n) is 14.5. The van der Waals surface area contributed by atoms with Gasteiger partial charge in [0.2, 0.25) is 5.88 Å². The topological polar surface area (TPSA) is 61.3 Å². The third kappa shape index (κ3) is 3.71. The van der Waals surface area contributed by atoms with Crippen LogP contribution in [-0.4, -0.2) is 5.16 Å². The summed E-state index contributed by atoms with van der Waals surface area (Å²) in [5, 5.41) is 4.08. The molecule has 5 heteroatoms. The fourth-order valence-corrected chi connectivity index (χ4v) is 3.08. The van der Waals surface area contributed by atoms with Crippen LogP contribution in [0.4, 0.5) is 5.88 Å². The van der Waals surface area contributed by atoms with E-state index in [1.807, 2.05) is 25.1 Å². The molecule has 0 aliphatic heterocycles. The highest BCUT2D eigenvalue weighted by molar-refractivity contribution is 9.10. The number of nitrogens with zero attached hydrogens (tertiary/aromatic N) is 1. The van der Waals surface area contributed by atoms with Gasteiger partial charge in [-0.1, -0.05) is 49.3 Å². The maximum Gasteiger partial charge on any atom is 0.237 e. The van der Waals surface area contributed by atoms with Crippen LogP contribution in [0.1, 0.15) is 36.5 Å². The lowest BCUT2D eigenvalue weighted by Crippen LogP contribution is -2.01. The van der Waals surface area contributed by atoms with Gasteiger partial charge in [-0.05, 0) is 57.6 Å². The lowest BCUT2D eigenvalue weighted by Gasteiger charge is -2.17. The minimum atomic E-state index is 0.282. The second-order valence-electron chi connectivity index (χ2n) is 6.34. The number of ether oxygens (including phenoxy) is 1. The first-order chi connectivity index (χ1) is 12.0. The number of anilines is 1. The van der Waals surface area contributed by atoms with Gasteiger partial charge in [-0.2, -0.15) is 0 Å². The monoisotopic (exact) mass is 400 g/mol. The molecule has 0 saturated heterocycles. The molecule has 0 saturated carbocycles. The van der Waals surface area contributed by atoms with E-state index < -0.39 is 0 Å². The highest BCUT2D eigenvalue weighted by Gasteiger charge is 2.19. The van der Waals surface area contributed by atoms with Gasteiger partial charge in [0, 0.05) is 5.56 Å². The third-order valence-corrected chi connectivity index (χ3v) is 4.90. The minimum Gasteiger partial charge on any atom is -0.489 e. The summed E-state index contributed by atoms with van der Waals surface area (Å²) in [6.07, 6.45) is 0. The van der Waals surface area contributed by atoms with E-state index in [-0.39, 0.29) is 5.88 Å². The molecule has 3 aromatic rings. The number of aromatic nitrogens is 1. The smallest absolute Gasteiger partial charge is 0.237 e. The van der Waals surface area contributed by atoms with Crippen LogP contribution in [0, 0.1) is 6.92 Å². The molecule has 0 radical (unpaired) electrons. The highest BCUT2D eigenvalue weighted by Crippen LogP contribution is 2.38. The molecule has 130 valence electrons. The normalized spacial score (nSPS) is 11.1. The van der Waals surface area contributed by atoms with Crippen molar-refractivity contribution in [2.45, 2.75) is 33.3 Å². The maximum atomic E-state index is 6.11. The van der Waals surface area contributed by atoms with Crippen molar-refractivity contribution >= 4 is 21.8 Å². The molecule has 1 aromatic heterocycles. The van der Waals surface area contributed by atoms with Crippen LogP contribution in [0.15, 0.2) is 51.5 Å². The van der Waals surface area contributed by atoms with E-state index in [1.54, 1.807) is 0 Å². The predicted molar refractivity (Wildman–Crippen MR) is 104 cm³/mol. The number of nitrogens with two attached hydrogens (primary N) is 1. The van der Waals surface area contributed by atoms with Crippen LogP contribution in [0.3, 0.4) is 0 Å². The first-order valence-corrected chi connectivity index (χ1v) is 8.99. The van der Waals surface area contributed by atoms with Gasteiger partial charge in [-0.15, -0.1) is 0 Å². The van der Waals surface area contributed by atoms with Crippen LogP contribution in [0.2, 0.25) is 0 Å². The van der Waals surface area contributed by atoms with Crippen LogP contribution < -0.4 is 10.5 Å². The molecule has 25 heavy (non-hydrogen) atoms. The lowest BCUT2D eigenvalue weighted by molar-refractivity contribution is 0.301. The molecule has 0 atom stereocenters. The fraction of sp³-hybridized carbons (Fsp3) is 0.250. The van der Waals surface area contributed by atoms with Crippen molar-refractivity contribution in [3.63, 3.8) is 0 Å². The SMILES string of the molecule is Cc1cc(OCc2ccccc2)c(C(C)C)cc1-c1noc(N)c1Br. The van der Waals surface area contributed by atoms with Gasteiger partial charge >= 0.3 is 0 Å². The molecule has 2 N–H and O–H groups in total. The molecule has 0 bridgehead atoms. The molecule has 0 aliphatic carbocycles. The van der Waals surface area contributed by atoms with Crippen molar-refractivity contribution in [2.24, 2.45) is 0 Å². The Kier molecular flexibility index (Phi) is 5.13. The first-order valence-electron chi connectivity index (χ1n) is 8.19. The number of halogens is 1. The van der Waals surface area contributed by atoms with Crippen molar-refractivity contribution in [3.05, 3.63) is 63.6 Å². The molecular formula is C20H21BrN2O2. The van der Waals surface area contributed by atoms with Crippen LogP contribution >= 0.6 is 15.9 Å². The van der Waals surface area contributed by atoms with Gasteiger partial charge in [-0.3, -0.25) is 0 Å². The van der Waals surface area contributed by atoms with Crippen molar-refractivity contribution in [3.8, 4) is 17.0 Å². The molecule has 2 aromatic carbocycles. The van der Waals surface area contributed by atoms with Gasteiger partial charge in [0.15, 0.2) is 0 Å². The molecule has 1 heterocycles. The Morgan fingerprint density at radius 1 is 1.20 bits per heavy atom. The molecule has 0 aliphatic rings. The average Bonchev–Trinajstić information content (AvgIpc) is 2.93. The molecule has 0 unspecified atom stereocenters. The van der Waals surface area contributed by atoms with Crippen LogP contribution in [0.5, 0.6) is 5.75 Å². The molecule has 3 rings (SSSR count). The quantitative estimate of drug-likeness (QED) is 0.596. The number of benzene rings is 2. The predicted octanol–water partition coefficient (Wildman–Crippen LogP) is 5.70. The first kappa shape index (κ1) is 17.5. The van der Waals surface area contributed by atoms with Gasteiger partial charge in [-0.25, -0.2) is 0 Å². The van der Waals surface area contributed by atoms with Crippen LogP contribution in [-0.2, 0) is 6.61 Å². The van der Waals surface area contributed by atoms with E-state index in [0.29, 0.717) is 22.7 Å². The van der Waals surface area contributed by atoms with E-state index in [4.69, 9.17) is 15.0 Å². The van der Waals surface area contributed by atoms with E-state index in [0.717, 1.165) is 28.0 Å². The average molecular weight is 401 g/mol. The molecular weight excluding hydrogens is 380 g/mol. The van der Waals surface area contributed by atoms with Crippen molar-refractivity contribution < 1.29 is 9.26 Å². The minimum absolute atomic E-state index is 0.282. The largest absolute Gasteiger partial charge is 0.489 e. The summed E-state index contributed by atoms with van der Waals surface area (Å²) in [5.74, 6) is 1.49. The second kappa shape index (κ2) is 7.31. The molecule has 0 fully saturated rings. The van der Waals surface area contributed by atoms with Crippen molar-refractivity contribution in [1.82, 2.24) is 5.16 Å². The summed E-state index contributed by atoms with van der Waals surface area (Å²) in [7, 11) is 0. The molecule has 0 spiro atoms. The van der Waals surface area contributed by atoms with E-state index in [2.05, 4.69) is 59.2 Å². The molecule has 4 nitrogen and oxygen atoms in total. The summed E-state index contributed by atoms with van der Waals surface area (Å²) in [6.45, 7) is 6.87. The number of nitrogen functional groups attached to an aromatic ring is 1. The van der Waals surface area contributed by atoms with Crippen LogP contribution in [0.25, 0.3) is 11.3 Å². The number of hydrogen-bond donors (Lipinski definition) is 1. The Bertz CT molecular complexity index is 873. The van der Waals surface area contributed by atoms with Crippen molar-refractivity contribution in [2.75, 3.05) is 5.73 Å². The Labute approximate surface area is 156 Å². The van der Waals surface area contributed by atoms with Crippen molar-refractivity contribution in [1.29, 1.82) is 0 Å². The molecule has 0 amide bonds. The van der Waals surface area contributed by atoms with Gasteiger partial charge in [0.05, 0.1) is 0 Å². The zero-order chi connectivity index (χ0) is 18.0. The van der Waals surface area contributed by atoms with Gasteiger partial charge in [0.1, 0.15) is 22.5 Å². The van der Waals surface area contributed by atoms with E-state index in [9.17, 15) is 0 Å². The Morgan fingerprint density at radius 2 is 1.92 bits per heavy atom. The number of hydrogen-bond acceptors (Lipinski definition) is 4. The number of rotatable bonds is 5. The third-order valence-electron chi connectivity index (χ3n) is 4.13. The van der Waals surface area contributed by atoms with E-state index in [1.165, 1.54) is 0 Å². The lowest BCUT2D eigenvalue weighted by atomic mass is 9.95.